The smallest absolute Gasteiger partial charge is 0.220 e. The number of benzene rings is 1. The first-order valence-corrected chi connectivity index (χ1v) is 6.57. The van der Waals surface area contributed by atoms with Gasteiger partial charge in [0.2, 0.25) is 5.91 Å². The minimum absolute atomic E-state index is 0.215. The second kappa shape index (κ2) is 3.86. The van der Waals surface area contributed by atoms with Crippen LogP contribution in [0.2, 0.25) is 0 Å². The minimum atomic E-state index is 0.215. The molecule has 0 aromatic heterocycles. The summed E-state index contributed by atoms with van der Waals surface area (Å²) in [6, 6.07) is 8.80. The van der Waals surface area contributed by atoms with E-state index in [1.54, 1.807) is 0 Å². The molecule has 1 amide bonds. The molecule has 1 saturated heterocycles. The summed E-state index contributed by atoms with van der Waals surface area (Å²) in [5.41, 5.74) is 3.20. The highest BCUT2D eigenvalue weighted by atomic mass is 16.1. The first kappa shape index (κ1) is 10.8. The molecule has 1 aliphatic carbocycles. The van der Waals surface area contributed by atoms with E-state index in [9.17, 15) is 4.79 Å². The quantitative estimate of drug-likeness (QED) is 0.728. The van der Waals surface area contributed by atoms with E-state index in [-0.39, 0.29) is 11.3 Å². The lowest BCUT2D eigenvalue weighted by Crippen LogP contribution is -2.48. The maximum absolute atomic E-state index is 11.4. The Balaban J connectivity index is 2.03. The van der Waals surface area contributed by atoms with Gasteiger partial charge >= 0.3 is 0 Å². The van der Waals surface area contributed by atoms with Crippen molar-refractivity contribution >= 4 is 5.91 Å². The predicted molar refractivity (Wildman–Crippen MR) is 68.0 cm³/mol. The number of carbonyl (C=O) groups excluding carboxylic acids is 1. The third kappa shape index (κ3) is 1.67. The lowest BCUT2D eigenvalue weighted by atomic mass is 9.64. The summed E-state index contributed by atoms with van der Waals surface area (Å²) in [6.07, 6.45) is 4.16. The van der Waals surface area contributed by atoms with E-state index < -0.39 is 0 Å². The zero-order chi connectivity index (χ0) is 11.9. The normalized spacial score (nSPS) is 32.1. The Kier molecular flexibility index (Phi) is 2.46. The van der Waals surface area contributed by atoms with Gasteiger partial charge in [0.05, 0.1) is 0 Å². The Morgan fingerprint density at radius 3 is 2.88 bits per heavy atom. The molecule has 0 saturated carbocycles. The molecule has 1 N–H and O–H groups in total. The van der Waals surface area contributed by atoms with Gasteiger partial charge in [-0.3, -0.25) is 4.79 Å². The first-order chi connectivity index (χ1) is 8.21. The van der Waals surface area contributed by atoms with Crippen LogP contribution in [0.1, 0.15) is 49.7 Å². The van der Waals surface area contributed by atoms with Crippen molar-refractivity contribution in [3.8, 4) is 0 Å². The Morgan fingerprint density at radius 2 is 2.12 bits per heavy atom. The summed E-state index contributed by atoms with van der Waals surface area (Å²) in [5.74, 6) is 0.876. The average Bonchev–Trinajstić information content (AvgIpc) is 2.38. The second-order valence-corrected chi connectivity index (χ2v) is 5.58. The van der Waals surface area contributed by atoms with Crippen LogP contribution in [-0.4, -0.2) is 12.5 Å². The number of hydrogen-bond acceptors (Lipinski definition) is 1. The third-order valence-corrected chi connectivity index (χ3v) is 4.57. The molecule has 17 heavy (non-hydrogen) atoms. The molecule has 0 radical (unpaired) electrons. The van der Waals surface area contributed by atoms with Crippen molar-refractivity contribution in [3.05, 3.63) is 35.4 Å². The average molecular weight is 229 g/mol. The maximum atomic E-state index is 11.4. The molecule has 90 valence electrons. The van der Waals surface area contributed by atoms with Crippen molar-refractivity contribution in [2.45, 2.75) is 43.9 Å². The molecule has 1 aromatic rings. The topological polar surface area (TPSA) is 29.1 Å². The van der Waals surface area contributed by atoms with Crippen LogP contribution in [0.5, 0.6) is 0 Å². The Bertz CT molecular complexity index is 442. The molecule has 2 unspecified atom stereocenters. The number of amides is 1. The molecular formula is C15H19NO. The molecule has 2 aliphatic rings. The molecule has 2 atom stereocenters. The molecule has 2 nitrogen and oxygen atoms in total. The van der Waals surface area contributed by atoms with Crippen LogP contribution in [0.15, 0.2) is 24.3 Å². The van der Waals surface area contributed by atoms with Gasteiger partial charge in [-0.05, 0) is 36.3 Å². The molecule has 1 heterocycles. The number of carbonyl (C=O) groups is 1. The molecule has 2 heteroatoms. The molecule has 1 spiro atoms. The van der Waals surface area contributed by atoms with Crippen molar-refractivity contribution in [3.63, 3.8) is 0 Å². The minimum Gasteiger partial charge on any atom is -0.355 e. The van der Waals surface area contributed by atoms with E-state index in [1.807, 2.05) is 0 Å². The van der Waals surface area contributed by atoms with E-state index in [2.05, 4.69) is 36.5 Å². The number of piperidine rings is 1. The van der Waals surface area contributed by atoms with Gasteiger partial charge in [-0.1, -0.05) is 31.2 Å². The molecular weight excluding hydrogens is 210 g/mol. The van der Waals surface area contributed by atoms with E-state index >= 15 is 0 Å². The maximum Gasteiger partial charge on any atom is 0.220 e. The second-order valence-electron chi connectivity index (χ2n) is 5.58. The van der Waals surface area contributed by atoms with Gasteiger partial charge in [0, 0.05) is 18.4 Å². The highest BCUT2D eigenvalue weighted by Crippen LogP contribution is 2.45. The van der Waals surface area contributed by atoms with Crippen LogP contribution < -0.4 is 5.32 Å². The highest BCUT2D eigenvalue weighted by molar-refractivity contribution is 5.77. The number of fused-ring (bicyclic) bond motifs is 2. The van der Waals surface area contributed by atoms with E-state index in [4.69, 9.17) is 0 Å². The van der Waals surface area contributed by atoms with Crippen molar-refractivity contribution in [2.24, 2.45) is 0 Å². The van der Waals surface area contributed by atoms with E-state index in [0.717, 1.165) is 13.0 Å². The summed E-state index contributed by atoms with van der Waals surface area (Å²) in [7, 11) is 0. The zero-order valence-electron chi connectivity index (χ0n) is 10.3. The zero-order valence-corrected chi connectivity index (χ0v) is 10.3. The van der Waals surface area contributed by atoms with Crippen LogP contribution in [0.3, 0.4) is 0 Å². The van der Waals surface area contributed by atoms with Crippen LogP contribution in [0, 0.1) is 0 Å². The summed E-state index contributed by atoms with van der Waals surface area (Å²) in [5, 5.41) is 3.06. The van der Waals surface area contributed by atoms with E-state index in [0.29, 0.717) is 12.3 Å². The van der Waals surface area contributed by atoms with Crippen LogP contribution in [-0.2, 0) is 10.2 Å². The van der Waals surface area contributed by atoms with Crippen molar-refractivity contribution in [1.29, 1.82) is 0 Å². The summed E-state index contributed by atoms with van der Waals surface area (Å²) >= 11 is 0. The fourth-order valence-corrected chi connectivity index (χ4v) is 3.43. The van der Waals surface area contributed by atoms with Gasteiger partial charge in [-0.25, -0.2) is 0 Å². The summed E-state index contributed by atoms with van der Waals surface area (Å²) < 4.78 is 0. The highest BCUT2D eigenvalue weighted by Gasteiger charge is 2.40. The summed E-state index contributed by atoms with van der Waals surface area (Å²) in [6.45, 7) is 3.14. The van der Waals surface area contributed by atoms with Gasteiger partial charge < -0.3 is 5.32 Å². The number of rotatable bonds is 0. The van der Waals surface area contributed by atoms with E-state index in [1.165, 1.54) is 24.0 Å². The molecule has 1 aromatic carbocycles. The summed E-state index contributed by atoms with van der Waals surface area (Å²) in [4.78, 5) is 11.4. The Labute approximate surface area is 102 Å². The lowest BCUT2D eigenvalue weighted by molar-refractivity contribution is -0.123. The van der Waals surface area contributed by atoms with Gasteiger partial charge in [-0.2, -0.15) is 0 Å². The molecule has 1 fully saturated rings. The molecule has 0 bridgehead atoms. The van der Waals surface area contributed by atoms with Crippen molar-refractivity contribution in [2.75, 3.05) is 6.54 Å². The van der Waals surface area contributed by atoms with Gasteiger partial charge in [0.25, 0.3) is 0 Å². The van der Waals surface area contributed by atoms with Crippen molar-refractivity contribution in [1.82, 2.24) is 5.32 Å². The Morgan fingerprint density at radius 1 is 1.29 bits per heavy atom. The third-order valence-electron chi connectivity index (χ3n) is 4.57. The van der Waals surface area contributed by atoms with Crippen LogP contribution >= 0.6 is 0 Å². The molecule has 3 rings (SSSR count). The van der Waals surface area contributed by atoms with Gasteiger partial charge in [0.15, 0.2) is 0 Å². The monoisotopic (exact) mass is 229 g/mol. The fraction of sp³-hybridized carbons (Fsp3) is 0.533. The van der Waals surface area contributed by atoms with Crippen LogP contribution in [0.4, 0.5) is 0 Å². The van der Waals surface area contributed by atoms with Gasteiger partial charge in [0.1, 0.15) is 0 Å². The van der Waals surface area contributed by atoms with Crippen molar-refractivity contribution < 1.29 is 4.79 Å². The fourth-order valence-electron chi connectivity index (χ4n) is 3.43. The first-order valence-electron chi connectivity index (χ1n) is 6.57. The largest absolute Gasteiger partial charge is 0.355 e. The van der Waals surface area contributed by atoms with Crippen LogP contribution in [0.25, 0.3) is 0 Å². The number of hydrogen-bond donors (Lipinski definition) is 1. The lowest BCUT2D eigenvalue weighted by Gasteiger charge is -2.43. The standard InChI is InChI=1S/C15H19NO/c1-11-6-8-15(9-7-14(17)16-10-15)13-5-3-2-4-12(11)13/h2-5,11H,6-10H2,1H3,(H,16,17). The predicted octanol–water partition coefficient (Wildman–Crippen LogP) is 2.73. The number of nitrogens with one attached hydrogen (secondary N) is 1. The molecule has 1 aliphatic heterocycles. The Hall–Kier alpha value is -1.31. The SMILES string of the molecule is CC1CCC2(CCC(=O)NC2)c2ccccc21. The van der Waals surface area contributed by atoms with Gasteiger partial charge in [-0.15, -0.1) is 0 Å².